The van der Waals surface area contributed by atoms with Crippen LogP contribution in [0.5, 0.6) is 0 Å². The van der Waals surface area contributed by atoms with Gasteiger partial charge in [0.05, 0.1) is 19.8 Å². The molecule has 0 saturated carbocycles. The molecule has 0 aromatic carbocycles. The predicted molar refractivity (Wildman–Crippen MR) is 38.9 cm³/mol. The Morgan fingerprint density at radius 3 is 2.50 bits per heavy atom. The molecule has 0 aromatic heterocycles. The molecular weight excluding hydrogens is 132 g/mol. The van der Waals surface area contributed by atoms with E-state index in [1.54, 1.807) is 7.11 Å². The van der Waals surface area contributed by atoms with Crippen molar-refractivity contribution in [1.29, 1.82) is 0 Å². The zero-order chi connectivity index (χ0) is 7.82. The Morgan fingerprint density at radius 1 is 1.40 bits per heavy atom. The van der Waals surface area contributed by atoms with Gasteiger partial charge in [-0.15, -0.1) is 0 Å². The van der Waals surface area contributed by atoms with Gasteiger partial charge in [-0.05, 0) is 6.92 Å². The van der Waals surface area contributed by atoms with Gasteiger partial charge in [0, 0.05) is 19.6 Å². The molecule has 3 nitrogen and oxygen atoms in total. The Labute approximate surface area is 62.0 Å². The fourth-order valence-electron chi connectivity index (χ4n) is 0.674. The van der Waals surface area contributed by atoms with Crippen LogP contribution in [0.1, 0.15) is 6.92 Å². The van der Waals surface area contributed by atoms with Gasteiger partial charge >= 0.3 is 0 Å². The van der Waals surface area contributed by atoms with E-state index < -0.39 is 0 Å². The molecule has 10 heavy (non-hydrogen) atoms. The smallest absolute Gasteiger partial charge is 0.0538 e. The lowest BCUT2D eigenvalue weighted by Gasteiger charge is -2.11. The summed E-state index contributed by atoms with van der Waals surface area (Å²) in [6.07, 6.45) is 0. The summed E-state index contributed by atoms with van der Waals surface area (Å²) < 4.78 is 9.95. The number of hydrogen-bond acceptors (Lipinski definition) is 3. The first kappa shape index (κ1) is 9.88. The van der Waals surface area contributed by atoms with E-state index in [0.29, 0.717) is 19.8 Å². The number of aliphatic hydroxyl groups excluding tert-OH is 1. The normalized spacial score (nSPS) is 13.5. The Balaban J connectivity index is 3.21. The summed E-state index contributed by atoms with van der Waals surface area (Å²) in [5, 5.41) is 8.72. The maximum Gasteiger partial charge on any atom is 0.0538 e. The third-order valence-corrected chi connectivity index (χ3v) is 1.22. The van der Waals surface area contributed by atoms with Gasteiger partial charge < -0.3 is 14.6 Å². The topological polar surface area (TPSA) is 38.7 Å². The number of rotatable bonds is 6. The van der Waals surface area contributed by atoms with Gasteiger partial charge in [0.15, 0.2) is 0 Å². The van der Waals surface area contributed by atoms with Crippen molar-refractivity contribution in [3.63, 3.8) is 0 Å². The van der Waals surface area contributed by atoms with E-state index in [2.05, 4.69) is 0 Å². The first-order chi connectivity index (χ1) is 4.85. The summed E-state index contributed by atoms with van der Waals surface area (Å²) in [5.74, 6) is 0.130. The second kappa shape index (κ2) is 6.99. The van der Waals surface area contributed by atoms with E-state index in [9.17, 15) is 0 Å². The maximum atomic E-state index is 8.72. The van der Waals surface area contributed by atoms with Crippen molar-refractivity contribution < 1.29 is 14.6 Å². The number of hydrogen-bond donors (Lipinski definition) is 1. The molecule has 1 atom stereocenters. The maximum absolute atomic E-state index is 8.72. The van der Waals surface area contributed by atoms with Crippen molar-refractivity contribution in [1.82, 2.24) is 0 Å². The van der Waals surface area contributed by atoms with Crippen LogP contribution in [-0.2, 0) is 9.47 Å². The Kier molecular flexibility index (Phi) is 6.91. The molecule has 0 spiro atoms. The van der Waals surface area contributed by atoms with Gasteiger partial charge in [-0.1, -0.05) is 0 Å². The zero-order valence-electron chi connectivity index (χ0n) is 6.67. The van der Waals surface area contributed by atoms with Crippen molar-refractivity contribution in [2.45, 2.75) is 6.92 Å². The minimum Gasteiger partial charge on any atom is -0.396 e. The van der Waals surface area contributed by atoms with Crippen molar-refractivity contribution >= 4 is 0 Å². The number of aliphatic hydroxyl groups is 1. The molecule has 0 aromatic rings. The van der Waals surface area contributed by atoms with E-state index in [1.165, 1.54) is 0 Å². The molecule has 0 aliphatic rings. The highest BCUT2D eigenvalue weighted by Gasteiger charge is 2.05. The highest BCUT2D eigenvalue weighted by atomic mass is 16.5. The fourth-order valence-corrected chi connectivity index (χ4v) is 0.674. The van der Waals surface area contributed by atoms with Crippen LogP contribution >= 0.6 is 0 Å². The summed E-state index contributed by atoms with van der Waals surface area (Å²) in [6, 6.07) is 0. The van der Waals surface area contributed by atoms with Crippen molar-refractivity contribution in [2.24, 2.45) is 5.92 Å². The Morgan fingerprint density at radius 2 is 2.10 bits per heavy atom. The molecule has 0 amide bonds. The number of ether oxygens (including phenoxy) is 2. The van der Waals surface area contributed by atoms with Crippen LogP contribution in [0.3, 0.4) is 0 Å². The van der Waals surface area contributed by atoms with E-state index in [-0.39, 0.29) is 12.5 Å². The third-order valence-electron chi connectivity index (χ3n) is 1.22. The quantitative estimate of drug-likeness (QED) is 0.588. The second-order valence-corrected chi connectivity index (χ2v) is 2.16. The van der Waals surface area contributed by atoms with Crippen LogP contribution in [0.4, 0.5) is 0 Å². The van der Waals surface area contributed by atoms with Crippen LogP contribution < -0.4 is 0 Å². The lowest BCUT2D eigenvalue weighted by Crippen LogP contribution is -2.19. The van der Waals surface area contributed by atoms with Gasteiger partial charge in [0.1, 0.15) is 0 Å². The third kappa shape index (κ3) is 4.73. The lowest BCUT2D eigenvalue weighted by atomic mass is 10.2. The van der Waals surface area contributed by atoms with E-state index >= 15 is 0 Å². The Bertz CT molecular complexity index is 65.9. The van der Waals surface area contributed by atoms with Crippen LogP contribution in [0, 0.1) is 5.92 Å². The summed E-state index contributed by atoms with van der Waals surface area (Å²) in [7, 11) is 1.62. The molecular formula is C7H16O3. The summed E-state index contributed by atoms with van der Waals surface area (Å²) >= 11 is 0. The first-order valence-corrected chi connectivity index (χ1v) is 3.52. The minimum atomic E-state index is 0.130. The monoisotopic (exact) mass is 148 g/mol. The molecule has 3 heteroatoms. The van der Waals surface area contributed by atoms with Gasteiger partial charge in [-0.2, -0.15) is 0 Å². The number of methoxy groups -OCH3 is 1. The standard InChI is InChI=1S/C7H16O3/c1-3-10-6-7(4-8)5-9-2/h7-8H,3-6H2,1-2H3. The summed E-state index contributed by atoms with van der Waals surface area (Å²) in [5.41, 5.74) is 0. The first-order valence-electron chi connectivity index (χ1n) is 3.52. The van der Waals surface area contributed by atoms with Gasteiger partial charge in [0.2, 0.25) is 0 Å². The van der Waals surface area contributed by atoms with Crippen LogP contribution in [0.2, 0.25) is 0 Å². The second-order valence-electron chi connectivity index (χ2n) is 2.16. The molecule has 0 fully saturated rings. The van der Waals surface area contributed by atoms with Gasteiger partial charge in [-0.25, -0.2) is 0 Å². The average molecular weight is 148 g/mol. The van der Waals surface area contributed by atoms with Gasteiger partial charge in [-0.3, -0.25) is 0 Å². The van der Waals surface area contributed by atoms with Crippen molar-refractivity contribution in [2.75, 3.05) is 33.5 Å². The summed E-state index contributed by atoms with van der Waals surface area (Å²) in [4.78, 5) is 0. The minimum absolute atomic E-state index is 0.130. The molecule has 0 heterocycles. The van der Waals surface area contributed by atoms with Crippen LogP contribution in [-0.4, -0.2) is 38.6 Å². The molecule has 0 saturated heterocycles. The molecule has 0 aliphatic heterocycles. The van der Waals surface area contributed by atoms with Crippen LogP contribution in [0.15, 0.2) is 0 Å². The predicted octanol–water partition coefficient (Wildman–Crippen LogP) is 0.278. The molecule has 0 rings (SSSR count). The largest absolute Gasteiger partial charge is 0.396 e. The van der Waals surface area contributed by atoms with E-state index in [1.807, 2.05) is 6.92 Å². The van der Waals surface area contributed by atoms with Crippen molar-refractivity contribution in [3.8, 4) is 0 Å². The van der Waals surface area contributed by atoms with Crippen molar-refractivity contribution in [3.05, 3.63) is 0 Å². The molecule has 0 bridgehead atoms. The average Bonchev–Trinajstić information content (AvgIpc) is 1.98. The molecule has 1 unspecified atom stereocenters. The van der Waals surface area contributed by atoms with E-state index in [0.717, 1.165) is 0 Å². The molecule has 0 aliphatic carbocycles. The highest BCUT2D eigenvalue weighted by Crippen LogP contribution is 1.95. The molecule has 0 radical (unpaired) electrons. The van der Waals surface area contributed by atoms with Crippen LogP contribution in [0.25, 0.3) is 0 Å². The molecule has 62 valence electrons. The van der Waals surface area contributed by atoms with Gasteiger partial charge in [0.25, 0.3) is 0 Å². The Hall–Kier alpha value is -0.120. The molecule has 1 N–H and O–H groups in total. The summed E-state index contributed by atoms with van der Waals surface area (Å²) in [6.45, 7) is 3.91. The fraction of sp³-hybridized carbons (Fsp3) is 1.00. The lowest BCUT2D eigenvalue weighted by molar-refractivity contribution is 0.0359. The van der Waals surface area contributed by atoms with E-state index in [4.69, 9.17) is 14.6 Å². The highest BCUT2D eigenvalue weighted by molar-refractivity contribution is 4.53. The SMILES string of the molecule is CCOCC(CO)COC. The zero-order valence-corrected chi connectivity index (χ0v) is 6.67.